The molecule has 2 N–H and O–H groups in total. The van der Waals surface area contributed by atoms with Gasteiger partial charge in [0.15, 0.2) is 0 Å². The zero-order chi connectivity index (χ0) is 12.3. The molecular formula is C10H8N4O2S. The number of nitrogens with two attached hydrogens (primary N) is 1. The van der Waals surface area contributed by atoms with Crippen LogP contribution in [-0.4, -0.2) is 15.1 Å². The summed E-state index contributed by atoms with van der Waals surface area (Å²) >= 11 is 1.28. The molecule has 6 nitrogen and oxygen atoms in total. The van der Waals surface area contributed by atoms with Crippen molar-refractivity contribution in [3.05, 3.63) is 45.0 Å². The van der Waals surface area contributed by atoms with Gasteiger partial charge in [-0.1, -0.05) is 17.4 Å². The molecule has 86 valence electrons. The predicted molar refractivity (Wildman–Crippen MR) is 66.3 cm³/mol. The molecule has 2 aromatic rings. The van der Waals surface area contributed by atoms with Crippen molar-refractivity contribution in [2.75, 3.05) is 5.73 Å². The van der Waals surface area contributed by atoms with Crippen LogP contribution in [0.2, 0.25) is 0 Å². The second kappa shape index (κ2) is 4.71. The number of hydrogen-bond acceptors (Lipinski definition) is 6. The molecule has 0 spiro atoms. The van der Waals surface area contributed by atoms with Crippen molar-refractivity contribution in [1.82, 2.24) is 10.2 Å². The van der Waals surface area contributed by atoms with E-state index >= 15 is 0 Å². The second-order valence-electron chi connectivity index (χ2n) is 3.16. The molecule has 0 bridgehead atoms. The standard InChI is InChI=1S/C10H8N4O2S/c11-10-13-12-9(17-10)6-3-7-1-4-8(5-2-7)14(15)16/h1-6H,(H2,11,13)/b6-3+. The van der Waals surface area contributed by atoms with Crippen LogP contribution >= 0.6 is 11.3 Å². The first kappa shape index (κ1) is 11.2. The van der Waals surface area contributed by atoms with Crippen molar-refractivity contribution in [2.24, 2.45) is 0 Å². The highest BCUT2D eigenvalue weighted by atomic mass is 32.1. The lowest BCUT2D eigenvalue weighted by Crippen LogP contribution is -1.86. The number of non-ortho nitro benzene ring substituents is 1. The van der Waals surface area contributed by atoms with Crippen LogP contribution in [0.25, 0.3) is 12.2 Å². The molecule has 0 amide bonds. The minimum Gasteiger partial charge on any atom is -0.374 e. The fourth-order valence-electron chi connectivity index (χ4n) is 1.19. The lowest BCUT2D eigenvalue weighted by Gasteiger charge is -1.92. The van der Waals surface area contributed by atoms with Gasteiger partial charge in [0.05, 0.1) is 4.92 Å². The van der Waals surface area contributed by atoms with Gasteiger partial charge in [-0.15, -0.1) is 10.2 Å². The Labute approximate surface area is 101 Å². The van der Waals surface area contributed by atoms with E-state index in [1.54, 1.807) is 24.3 Å². The van der Waals surface area contributed by atoms with Crippen LogP contribution in [-0.2, 0) is 0 Å². The maximum atomic E-state index is 10.5. The van der Waals surface area contributed by atoms with Crippen LogP contribution in [0.1, 0.15) is 10.6 Å². The number of aromatic nitrogens is 2. The molecule has 1 heterocycles. The van der Waals surface area contributed by atoms with Crippen molar-refractivity contribution in [3.8, 4) is 0 Å². The first-order valence-corrected chi connectivity index (χ1v) is 5.48. The summed E-state index contributed by atoms with van der Waals surface area (Å²) in [6, 6.07) is 6.24. The van der Waals surface area contributed by atoms with Crippen LogP contribution in [0.5, 0.6) is 0 Å². The molecule has 0 fully saturated rings. The van der Waals surface area contributed by atoms with Gasteiger partial charge in [-0.2, -0.15) is 0 Å². The third kappa shape index (κ3) is 2.85. The molecule has 1 aromatic carbocycles. The van der Waals surface area contributed by atoms with E-state index in [9.17, 15) is 10.1 Å². The van der Waals surface area contributed by atoms with E-state index in [1.807, 2.05) is 0 Å². The molecule has 0 aliphatic rings. The lowest BCUT2D eigenvalue weighted by atomic mass is 10.2. The summed E-state index contributed by atoms with van der Waals surface area (Å²) in [6.07, 6.45) is 3.55. The normalized spacial score (nSPS) is 10.8. The van der Waals surface area contributed by atoms with Crippen LogP contribution in [0.15, 0.2) is 24.3 Å². The summed E-state index contributed by atoms with van der Waals surface area (Å²) in [7, 11) is 0. The SMILES string of the molecule is Nc1nnc(/C=C/c2ccc([N+](=O)[O-])cc2)s1. The molecule has 2 rings (SSSR count). The van der Waals surface area contributed by atoms with Gasteiger partial charge < -0.3 is 5.73 Å². The van der Waals surface area contributed by atoms with E-state index in [4.69, 9.17) is 5.73 Å². The van der Waals surface area contributed by atoms with Crippen LogP contribution < -0.4 is 5.73 Å². The lowest BCUT2D eigenvalue weighted by molar-refractivity contribution is -0.384. The molecule has 0 unspecified atom stereocenters. The average Bonchev–Trinajstić information content (AvgIpc) is 2.73. The van der Waals surface area contributed by atoms with Gasteiger partial charge in [-0.25, -0.2) is 0 Å². The molecule has 0 aliphatic heterocycles. The Morgan fingerprint density at radius 2 is 1.94 bits per heavy atom. The van der Waals surface area contributed by atoms with Gasteiger partial charge in [0.2, 0.25) is 5.13 Å². The van der Waals surface area contributed by atoms with Gasteiger partial charge in [0.1, 0.15) is 5.01 Å². The molecule has 0 radical (unpaired) electrons. The summed E-state index contributed by atoms with van der Waals surface area (Å²) in [5, 5.41) is 19.1. The van der Waals surface area contributed by atoms with Crippen molar-refractivity contribution in [2.45, 2.75) is 0 Å². The molecule has 7 heteroatoms. The topological polar surface area (TPSA) is 94.9 Å². The number of nitrogen functional groups attached to an aromatic ring is 1. The monoisotopic (exact) mass is 248 g/mol. The predicted octanol–water partition coefficient (Wildman–Crippen LogP) is 2.20. The number of nitro groups is 1. The highest BCUT2D eigenvalue weighted by Crippen LogP contribution is 2.16. The van der Waals surface area contributed by atoms with Crippen LogP contribution in [0.3, 0.4) is 0 Å². The zero-order valence-corrected chi connectivity index (χ0v) is 9.42. The second-order valence-corrected chi connectivity index (χ2v) is 4.20. The first-order chi connectivity index (χ1) is 8.15. The Morgan fingerprint density at radius 1 is 1.24 bits per heavy atom. The summed E-state index contributed by atoms with van der Waals surface area (Å²) in [5.74, 6) is 0. The quantitative estimate of drug-likeness (QED) is 0.663. The van der Waals surface area contributed by atoms with Gasteiger partial charge in [-0.3, -0.25) is 10.1 Å². The number of benzene rings is 1. The molecule has 0 saturated heterocycles. The number of hydrogen-bond donors (Lipinski definition) is 1. The summed E-state index contributed by atoms with van der Waals surface area (Å²) in [4.78, 5) is 10.0. The number of anilines is 1. The van der Waals surface area contributed by atoms with E-state index in [1.165, 1.54) is 23.5 Å². The molecule has 17 heavy (non-hydrogen) atoms. The van der Waals surface area contributed by atoms with E-state index in [0.29, 0.717) is 10.1 Å². The highest BCUT2D eigenvalue weighted by molar-refractivity contribution is 7.15. The minimum atomic E-state index is -0.432. The van der Waals surface area contributed by atoms with Crippen molar-refractivity contribution >= 4 is 34.3 Å². The Balaban J connectivity index is 2.13. The summed E-state index contributed by atoms with van der Waals surface area (Å²) in [5.41, 5.74) is 6.36. The average molecular weight is 248 g/mol. The van der Waals surface area contributed by atoms with Gasteiger partial charge in [-0.05, 0) is 23.8 Å². The fourth-order valence-corrected chi connectivity index (χ4v) is 1.70. The van der Waals surface area contributed by atoms with Gasteiger partial charge in [0.25, 0.3) is 5.69 Å². The maximum Gasteiger partial charge on any atom is 0.269 e. The Morgan fingerprint density at radius 3 is 2.47 bits per heavy atom. The van der Waals surface area contributed by atoms with E-state index < -0.39 is 4.92 Å². The third-order valence-corrected chi connectivity index (χ3v) is 2.70. The molecule has 0 atom stereocenters. The Kier molecular flexibility index (Phi) is 3.10. The molecule has 1 aromatic heterocycles. The Hall–Kier alpha value is -2.28. The third-order valence-electron chi connectivity index (χ3n) is 1.98. The number of nitro benzene ring substituents is 1. The van der Waals surface area contributed by atoms with Crippen molar-refractivity contribution in [3.63, 3.8) is 0 Å². The number of rotatable bonds is 3. The minimum absolute atomic E-state index is 0.0716. The fraction of sp³-hybridized carbons (Fsp3) is 0. The van der Waals surface area contributed by atoms with E-state index in [0.717, 1.165) is 5.56 Å². The molecule has 0 saturated carbocycles. The largest absolute Gasteiger partial charge is 0.374 e. The summed E-state index contributed by atoms with van der Waals surface area (Å²) < 4.78 is 0. The summed E-state index contributed by atoms with van der Waals surface area (Å²) in [6.45, 7) is 0. The first-order valence-electron chi connectivity index (χ1n) is 4.66. The molecular weight excluding hydrogens is 240 g/mol. The highest BCUT2D eigenvalue weighted by Gasteiger charge is 2.02. The van der Waals surface area contributed by atoms with Crippen molar-refractivity contribution in [1.29, 1.82) is 0 Å². The van der Waals surface area contributed by atoms with Crippen LogP contribution in [0.4, 0.5) is 10.8 Å². The van der Waals surface area contributed by atoms with E-state index in [-0.39, 0.29) is 5.69 Å². The molecule has 0 aliphatic carbocycles. The van der Waals surface area contributed by atoms with Crippen LogP contribution in [0, 0.1) is 10.1 Å². The van der Waals surface area contributed by atoms with Gasteiger partial charge >= 0.3 is 0 Å². The Bertz CT molecular complexity index is 562. The maximum absolute atomic E-state index is 10.5. The smallest absolute Gasteiger partial charge is 0.269 e. The number of nitrogens with zero attached hydrogens (tertiary/aromatic N) is 3. The zero-order valence-electron chi connectivity index (χ0n) is 8.61. The van der Waals surface area contributed by atoms with E-state index in [2.05, 4.69) is 10.2 Å². The van der Waals surface area contributed by atoms with Gasteiger partial charge in [0, 0.05) is 12.1 Å². The van der Waals surface area contributed by atoms with Crippen molar-refractivity contribution < 1.29 is 4.92 Å².